The van der Waals surface area contributed by atoms with Gasteiger partial charge in [0, 0.05) is 37.0 Å². The van der Waals surface area contributed by atoms with Gasteiger partial charge in [0.1, 0.15) is 12.1 Å². The largest absolute Gasteiger partial charge is 0.460 e. The van der Waals surface area contributed by atoms with Gasteiger partial charge < -0.3 is 25.2 Å². The summed E-state index contributed by atoms with van der Waals surface area (Å²) in [7, 11) is 1.47. The van der Waals surface area contributed by atoms with Crippen molar-refractivity contribution in [3.8, 4) is 0 Å². The van der Waals surface area contributed by atoms with Crippen molar-refractivity contribution in [3.05, 3.63) is 72.0 Å². The van der Waals surface area contributed by atoms with E-state index in [2.05, 4.69) is 10.6 Å². The molecular formula is C35H46N2O8. The lowest BCUT2D eigenvalue weighted by Crippen LogP contribution is -2.45. The molecule has 0 aromatic rings. The Morgan fingerprint density at radius 1 is 1.00 bits per heavy atom. The maximum atomic E-state index is 13.0. The Morgan fingerprint density at radius 2 is 1.73 bits per heavy atom. The number of ether oxygens (including phenoxy) is 2. The second kappa shape index (κ2) is 18.2. The number of esters is 1. The number of carbonyl (C=O) groups is 5. The summed E-state index contributed by atoms with van der Waals surface area (Å²) < 4.78 is 11.2. The molecule has 0 radical (unpaired) electrons. The van der Waals surface area contributed by atoms with E-state index in [1.54, 1.807) is 56.4 Å². The SMILES string of the molecule is COC1C=C/C=C/C=C/CC(OC(=O)[C@@H](C)NC(=O)C2CCCCC2)C(C)C(O)/C=C\CCC2=CC(=O)C=C(NC(=O)C1)C2=O. The summed E-state index contributed by atoms with van der Waals surface area (Å²) in [6.07, 6.45) is 19.6. The number of rotatable bonds is 5. The van der Waals surface area contributed by atoms with Crippen LogP contribution in [0.4, 0.5) is 0 Å². The Labute approximate surface area is 265 Å². The van der Waals surface area contributed by atoms with Gasteiger partial charge in [-0.15, -0.1) is 0 Å². The van der Waals surface area contributed by atoms with Gasteiger partial charge in [-0.25, -0.2) is 4.79 Å². The molecule has 45 heavy (non-hydrogen) atoms. The fourth-order valence-electron chi connectivity index (χ4n) is 5.41. The minimum Gasteiger partial charge on any atom is -0.460 e. The molecule has 0 aromatic heterocycles. The van der Waals surface area contributed by atoms with E-state index >= 15 is 0 Å². The molecule has 3 N–H and O–H groups in total. The Kier molecular flexibility index (Phi) is 14.4. The molecule has 1 aliphatic heterocycles. The van der Waals surface area contributed by atoms with Crippen molar-refractivity contribution in [1.82, 2.24) is 10.6 Å². The van der Waals surface area contributed by atoms with Crippen LogP contribution < -0.4 is 10.6 Å². The van der Waals surface area contributed by atoms with Crippen molar-refractivity contribution >= 4 is 29.4 Å². The fraction of sp³-hybridized carbons (Fsp3) is 0.514. The van der Waals surface area contributed by atoms with E-state index in [-0.39, 0.29) is 35.9 Å². The molecule has 1 heterocycles. The molecule has 10 nitrogen and oxygen atoms in total. The van der Waals surface area contributed by atoms with Crippen LogP contribution >= 0.6 is 0 Å². The van der Waals surface area contributed by atoms with Crippen LogP contribution in [-0.4, -0.2) is 65.9 Å². The number of Topliss-reactive ketones (excluding diaryl/α,β-unsaturated/α-hetero) is 1. The normalized spacial score (nSPS) is 28.8. The predicted molar refractivity (Wildman–Crippen MR) is 169 cm³/mol. The van der Waals surface area contributed by atoms with E-state index < -0.39 is 53.7 Å². The lowest BCUT2D eigenvalue weighted by Gasteiger charge is -2.28. The first-order chi connectivity index (χ1) is 21.6. The van der Waals surface area contributed by atoms with E-state index in [1.807, 2.05) is 6.08 Å². The zero-order valence-corrected chi connectivity index (χ0v) is 26.4. The lowest BCUT2D eigenvalue weighted by atomic mass is 9.88. The van der Waals surface area contributed by atoms with Crippen LogP contribution in [0.5, 0.6) is 0 Å². The third-order valence-electron chi connectivity index (χ3n) is 8.26. The monoisotopic (exact) mass is 622 g/mol. The standard InChI is InChI=1S/C35H46N2O8/c1-23-30(39)18-13-12-16-26-20-27(38)21-29(33(26)41)37-32(40)22-28(44-3)17-10-5-4-6-11-19-31(23)45-35(43)24(2)36-34(42)25-14-8-7-9-15-25/h4-6,10-11,13,17-18,20-21,23-25,28,30-31,39H,7-9,12,14-16,19,22H2,1-3H3,(H,36,42)(H,37,40)/b5-4+,11-6+,17-10?,18-13-/t23?,24-,28?,30?,31?/m1/s1. The number of methoxy groups -OCH3 is 1. The number of aliphatic hydroxyl groups excluding tert-OH is 1. The maximum absolute atomic E-state index is 13.0. The Hall–Kier alpha value is -3.89. The summed E-state index contributed by atoms with van der Waals surface area (Å²) in [5.41, 5.74) is 0.175. The summed E-state index contributed by atoms with van der Waals surface area (Å²) in [5, 5.41) is 16.3. The molecule has 0 spiro atoms. The molecule has 2 bridgehead atoms. The van der Waals surface area contributed by atoms with E-state index in [0.717, 1.165) is 38.2 Å². The van der Waals surface area contributed by atoms with Gasteiger partial charge in [0.25, 0.3) is 0 Å². The van der Waals surface area contributed by atoms with Gasteiger partial charge in [0.2, 0.25) is 17.6 Å². The van der Waals surface area contributed by atoms with Gasteiger partial charge in [-0.05, 0) is 38.7 Å². The number of aliphatic hydroxyl groups is 1. The van der Waals surface area contributed by atoms with Gasteiger partial charge in [-0.1, -0.05) is 74.8 Å². The van der Waals surface area contributed by atoms with Gasteiger partial charge >= 0.3 is 5.97 Å². The number of nitrogens with one attached hydrogen (secondary N) is 2. The molecule has 3 rings (SSSR count). The fourth-order valence-corrected chi connectivity index (χ4v) is 5.41. The number of carbonyl (C=O) groups excluding carboxylic acids is 5. The highest BCUT2D eigenvalue weighted by Crippen LogP contribution is 2.24. The van der Waals surface area contributed by atoms with Crippen molar-refractivity contribution in [1.29, 1.82) is 0 Å². The van der Waals surface area contributed by atoms with Crippen LogP contribution in [0.15, 0.2) is 72.0 Å². The highest BCUT2D eigenvalue weighted by Gasteiger charge is 2.30. The molecule has 244 valence electrons. The van der Waals surface area contributed by atoms with Crippen LogP contribution in [0.2, 0.25) is 0 Å². The number of hydrogen-bond acceptors (Lipinski definition) is 8. The molecule has 2 aliphatic carbocycles. The number of ketones is 2. The number of allylic oxidation sites excluding steroid dienone is 8. The third kappa shape index (κ3) is 11.5. The highest BCUT2D eigenvalue weighted by molar-refractivity contribution is 6.21. The molecule has 3 aliphatic rings. The van der Waals surface area contributed by atoms with Crippen molar-refractivity contribution in [2.45, 2.75) is 96.0 Å². The van der Waals surface area contributed by atoms with Gasteiger partial charge in [0.15, 0.2) is 5.78 Å². The molecule has 2 amide bonds. The van der Waals surface area contributed by atoms with E-state index in [4.69, 9.17) is 9.47 Å². The van der Waals surface area contributed by atoms with Crippen LogP contribution in [0, 0.1) is 11.8 Å². The Bertz CT molecular complexity index is 1270. The molecule has 1 fully saturated rings. The Morgan fingerprint density at radius 3 is 2.47 bits per heavy atom. The first-order valence-corrected chi connectivity index (χ1v) is 15.8. The minimum absolute atomic E-state index is 0.0559. The van der Waals surface area contributed by atoms with Gasteiger partial charge in [0.05, 0.1) is 24.3 Å². The predicted octanol–water partition coefficient (Wildman–Crippen LogP) is 3.87. The molecule has 1 saturated carbocycles. The lowest BCUT2D eigenvalue weighted by molar-refractivity contribution is -0.156. The van der Waals surface area contributed by atoms with Crippen molar-refractivity contribution in [3.63, 3.8) is 0 Å². The highest BCUT2D eigenvalue weighted by atomic mass is 16.5. The number of fused-ring (bicyclic) bond motifs is 2. The van der Waals surface area contributed by atoms with Crippen LogP contribution in [-0.2, 0) is 33.4 Å². The Balaban J connectivity index is 1.75. The third-order valence-corrected chi connectivity index (χ3v) is 8.26. The van der Waals surface area contributed by atoms with Crippen LogP contribution in [0.25, 0.3) is 0 Å². The summed E-state index contributed by atoms with van der Waals surface area (Å²) >= 11 is 0. The minimum atomic E-state index is -0.977. The second-order valence-corrected chi connectivity index (χ2v) is 11.8. The maximum Gasteiger partial charge on any atom is 0.328 e. The molecule has 10 heteroatoms. The molecule has 0 saturated heterocycles. The van der Waals surface area contributed by atoms with Gasteiger partial charge in [-0.3, -0.25) is 19.2 Å². The summed E-state index contributed by atoms with van der Waals surface area (Å²) in [5.74, 6) is -2.60. The quantitative estimate of drug-likeness (QED) is 0.238. The number of amides is 2. The first-order valence-electron chi connectivity index (χ1n) is 15.8. The van der Waals surface area contributed by atoms with E-state index in [1.165, 1.54) is 13.2 Å². The summed E-state index contributed by atoms with van der Waals surface area (Å²) in [6.45, 7) is 3.38. The van der Waals surface area contributed by atoms with E-state index in [9.17, 15) is 29.1 Å². The molecule has 4 unspecified atom stereocenters. The summed E-state index contributed by atoms with van der Waals surface area (Å²) in [6, 6.07) is -0.837. The zero-order valence-electron chi connectivity index (χ0n) is 26.4. The molecule has 5 atom stereocenters. The van der Waals surface area contributed by atoms with Crippen molar-refractivity contribution in [2.75, 3.05) is 7.11 Å². The molecular weight excluding hydrogens is 576 g/mol. The van der Waals surface area contributed by atoms with Crippen LogP contribution in [0.3, 0.4) is 0 Å². The van der Waals surface area contributed by atoms with E-state index in [0.29, 0.717) is 12.8 Å². The van der Waals surface area contributed by atoms with Gasteiger partial charge in [-0.2, -0.15) is 0 Å². The summed E-state index contributed by atoms with van der Waals surface area (Å²) in [4.78, 5) is 63.5. The second-order valence-electron chi connectivity index (χ2n) is 11.8. The molecule has 0 aromatic carbocycles. The van der Waals surface area contributed by atoms with Crippen LogP contribution in [0.1, 0.15) is 71.6 Å². The average Bonchev–Trinajstić information content (AvgIpc) is 3.02. The topological polar surface area (TPSA) is 148 Å². The van der Waals surface area contributed by atoms with Crippen molar-refractivity contribution < 1.29 is 38.6 Å². The first kappa shape index (κ1) is 35.6. The number of hydrogen-bond donors (Lipinski definition) is 3. The smallest absolute Gasteiger partial charge is 0.328 e. The zero-order chi connectivity index (χ0) is 32.8. The average molecular weight is 623 g/mol. The van der Waals surface area contributed by atoms with Crippen molar-refractivity contribution in [2.24, 2.45) is 11.8 Å².